The zero-order chi connectivity index (χ0) is 27.4. The zero-order valence-corrected chi connectivity index (χ0v) is 23.3. The third kappa shape index (κ3) is 5.46. The molecule has 38 heavy (non-hydrogen) atoms. The minimum atomic E-state index is -0.694. The number of allylic oxidation sites excluding steroid dienone is 4. The molecule has 0 saturated carbocycles. The average molecular weight is 522 g/mol. The summed E-state index contributed by atoms with van der Waals surface area (Å²) in [7, 11) is 0. The van der Waals surface area contributed by atoms with Gasteiger partial charge >= 0.3 is 0 Å². The highest BCUT2D eigenvalue weighted by atomic mass is 19.1. The Morgan fingerprint density at radius 3 is 2.53 bits per heavy atom. The SMILES string of the molecule is CC.Cc1cc(C(C(=O)N2CCCC2C2=NC(C)(c3ccc(C4=CCCC=C4F)cc3)NN2)C(C)C)on1. The first-order chi connectivity index (χ1) is 18.3. The zero-order valence-electron chi connectivity index (χ0n) is 23.3. The van der Waals surface area contributed by atoms with Crippen LogP contribution in [0.25, 0.3) is 5.57 Å². The maximum atomic E-state index is 14.3. The van der Waals surface area contributed by atoms with Gasteiger partial charge in [0.25, 0.3) is 0 Å². The summed E-state index contributed by atoms with van der Waals surface area (Å²) in [5, 5.41) is 4.00. The van der Waals surface area contributed by atoms with Gasteiger partial charge in [0.2, 0.25) is 5.91 Å². The van der Waals surface area contributed by atoms with Crippen molar-refractivity contribution in [2.45, 2.75) is 84.8 Å². The van der Waals surface area contributed by atoms with Gasteiger partial charge in [-0.25, -0.2) is 14.8 Å². The van der Waals surface area contributed by atoms with E-state index in [9.17, 15) is 9.18 Å². The average Bonchev–Trinajstić information content (AvgIpc) is 3.66. The van der Waals surface area contributed by atoms with Crippen LogP contribution >= 0.6 is 0 Å². The normalized spacial score (nSPS) is 23.7. The first-order valence-corrected chi connectivity index (χ1v) is 13.8. The van der Waals surface area contributed by atoms with Gasteiger partial charge in [-0.15, -0.1) is 0 Å². The number of rotatable bonds is 6. The maximum Gasteiger partial charge on any atom is 0.234 e. The number of nitrogens with one attached hydrogen (secondary N) is 2. The van der Waals surface area contributed by atoms with Crippen molar-refractivity contribution in [2.75, 3.05) is 6.54 Å². The van der Waals surface area contributed by atoms with Gasteiger partial charge in [-0.05, 0) is 62.7 Å². The summed E-state index contributed by atoms with van der Waals surface area (Å²) in [5.41, 5.74) is 9.12. The minimum Gasteiger partial charge on any atom is -0.360 e. The molecular weight excluding hydrogens is 481 g/mol. The van der Waals surface area contributed by atoms with Gasteiger partial charge in [0, 0.05) is 18.2 Å². The highest BCUT2D eigenvalue weighted by Gasteiger charge is 2.42. The molecule has 1 aliphatic carbocycles. The summed E-state index contributed by atoms with van der Waals surface area (Å²) in [5.74, 6) is 0.943. The van der Waals surface area contributed by atoms with Gasteiger partial charge in [-0.1, -0.05) is 63.2 Å². The van der Waals surface area contributed by atoms with Crippen LogP contribution in [0.3, 0.4) is 0 Å². The molecule has 3 heterocycles. The molecule has 1 amide bonds. The molecular formula is C30H40FN5O2. The molecule has 7 nitrogen and oxygen atoms in total. The number of aryl methyl sites for hydroxylation is 1. The van der Waals surface area contributed by atoms with Crippen LogP contribution in [-0.2, 0) is 10.5 Å². The third-order valence-corrected chi connectivity index (χ3v) is 7.37. The molecule has 204 valence electrons. The number of amides is 1. The Morgan fingerprint density at radius 2 is 1.89 bits per heavy atom. The van der Waals surface area contributed by atoms with E-state index in [1.54, 1.807) is 6.08 Å². The predicted octanol–water partition coefficient (Wildman–Crippen LogP) is 6.15. The fourth-order valence-electron chi connectivity index (χ4n) is 5.41. The van der Waals surface area contributed by atoms with Crippen molar-refractivity contribution in [2.24, 2.45) is 10.9 Å². The van der Waals surface area contributed by atoms with E-state index in [4.69, 9.17) is 9.52 Å². The van der Waals surface area contributed by atoms with Crippen molar-refractivity contribution < 1.29 is 13.7 Å². The molecule has 2 aromatic rings. The lowest BCUT2D eigenvalue weighted by molar-refractivity contribution is -0.134. The second-order valence-corrected chi connectivity index (χ2v) is 10.4. The van der Waals surface area contributed by atoms with E-state index in [0.717, 1.165) is 48.3 Å². The molecule has 2 N–H and O–H groups in total. The van der Waals surface area contributed by atoms with Crippen LogP contribution in [0.5, 0.6) is 0 Å². The molecule has 1 saturated heterocycles. The van der Waals surface area contributed by atoms with Crippen molar-refractivity contribution in [1.82, 2.24) is 20.9 Å². The standard InChI is InChI=1S/C28H34FN5O2.C2H6/c1-17(2)25(24-16-18(3)32-36-24)27(35)34-15-7-10-23(34)26-30-28(4,33-31-26)20-13-11-19(12-14-20)21-8-5-6-9-22(21)29;1-2/h8-9,11-14,16-17,23,25,33H,5-7,10,15H2,1-4H3,(H,30,31);1-2H3. The van der Waals surface area contributed by atoms with Crippen LogP contribution < -0.4 is 10.9 Å². The number of carbonyl (C=O) groups excluding carboxylic acids is 1. The molecule has 2 aliphatic heterocycles. The second kappa shape index (κ2) is 11.6. The first-order valence-electron chi connectivity index (χ1n) is 13.8. The van der Waals surface area contributed by atoms with Crippen LogP contribution in [0.15, 0.2) is 57.8 Å². The number of benzene rings is 1. The number of hydrogen-bond donors (Lipinski definition) is 2. The third-order valence-electron chi connectivity index (χ3n) is 7.37. The van der Waals surface area contributed by atoms with Crippen molar-refractivity contribution in [1.29, 1.82) is 0 Å². The van der Waals surface area contributed by atoms with Crippen molar-refractivity contribution in [3.63, 3.8) is 0 Å². The fraction of sp³-hybridized carbons (Fsp3) is 0.500. The van der Waals surface area contributed by atoms with E-state index in [1.807, 2.05) is 82.9 Å². The molecule has 1 fully saturated rings. The number of aromatic nitrogens is 1. The largest absolute Gasteiger partial charge is 0.360 e. The Kier molecular flexibility index (Phi) is 8.51. The topological polar surface area (TPSA) is 82.8 Å². The Balaban J connectivity index is 0.00000164. The van der Waals surface area contributed by atoms with Gasteiger partial charge in [0.1, 0.15) is 23.3 Å². The van der Waals surface area contributed by atoms with E-state index < -0.39 is 5.66 Å². The number of hydrazine groups is 1. The highest BCUT2D eigenvalue weighted by Crippen LogP contribution is 2.34. The molecule has 0 radical (unpaired) electrons. The smallest absolute Gasteiger partial charge is 0.234 e. The lowest BCUT2D eigenvalue weighted by atomic mass is 9.91. The predicted molar refractivity (Wildman–Crippen MR) is 149 cm³/mol. The number of amidine groups is 1. The number of carbonyl (C=O) groups is 1. The van der Waals surface area contributed by atoms with Crippen LogP contribution in [0.2, 0.25) is 0 Å². The first kappa shape index (κ1) is 27.8. The Bertz CT molecular complexity index is 1230. The Labute approximate surface area is 225 Å². The van der Waals surface area contributed by atoms with Crippen molar-refractivity contribution in [3.8, 4) is 0 Å². The molecule has 0 bridgehead atoms. The fourth-order valence-corrected chi connectivity index (χ4v) is 5.41. The second-order valence-electron chi connectivity index (χ2n) is 10.4. The summed E-state index contributed by atoms with van der Waals surface area (Å²) >= 11 is 0. The number of hydrogen-bond acceptors (Lipinski definition) is 6. The Hall–Kier alpha value is -3.26. The van der Waals surface area contributed by atoms with Crippen LogP contribution in [-0.4, -0.2) is 34.4 Å². The van der Waals surface area contributed by atoms with E-state index >= 15 is 0 Å². The van der Waals surface area contributed by atoms with Crippen molar-refractivity contribution in [3.05, 3.63) is 70.9 Å². The summed E-state index contributed by atoms with van der Waals surface area (Å²) < 4.78 is 19.8. The summed E-state index contributed by atoms with van der Waals surface area (Å²) in [6.45, 7) is 12.6. The number of likely N-dealkylation sites (tertiary alicyclic amines) is 1. The number of aliphatic imine (C=N–C) groups is 1. The molecule has 5 rings (SSSR count). The lowest BCUT2D eigenvalue weighted by Crippen LogP contribution is -2.49. The summed E-state index contributed by atoms with van der Waals surface area (Å²) in [4.78, 5) is 20.6. The Morgan fingerprint density at radius 1 is 1.18 bits per heavy atom. The minimum absolute atomic E-state index is 0.0435. The lowest BCUT2D eigenvalue weighted by Gasteiger charge is -2.29. The van der Waals surface area contributed by atoms with Gasteiger partial charge in [-0.2, -0.15) is 0 Å². The van der Waals surface area contributed by atoms with E-state index in [1.165, 1.54) is 0 Å². The summed E-state index contributed by atoms with van der Waals surface area (Å²) in [6.07, 6.45) is 6.95. The van der Waals surface area contributed by atoms with Crippen molar-refractivity contribution >= 4 is 17.3 Å². The van der Waals surface area contributed by atoms with E-state index in [2.05, 4.69) is 16.0 Å². The molecule has 1 aromatic heterocycles. The van der Waals surface area contributed by atoms with Gasteiger partial charge < -0.3 is 14.8 Å². The molecule has 3 atom stereocenters. The van der Waals surface area contributed by atoms with Crippen LogP contribution in [0, 0.1) is 12.8 Å². The quantitative estimate of drug-likeness (QED) is 0.476. The molecule has 3 aliphatic rings. The summed E-state index contributed by atoms with van der Waals surface area (Å²) in [6, 6.07) is 9.57. The molecule has 0 spiro atoms. The van der Waals surface area contributed by atoms with Gasteiger partial charge in [0.15, 0.2) is 5.66 Å². The van der Waals surface area contributed by atoms with Gasteiger partial charge in [0.05, 0.1) is 11.7 Å². The number of halogens is 1. The van der Waals surface area contributed by atoms with E-state index in [0.29, 0.717) is 17.9 Å². The molecule has 8 heteroatoms. The maximum absolute atomic E-state index is 14.3. The molecule has 1 aromatic carbocycles. The highest BCUT2D eigenvalue weighted by molar-refractivity contribution is 5.94. The molecule has 3 unspecified atom stereocenters. The van der Waals surface area contributed by atoms with Gasteiger partial charge in [-0.3, -0.25) is 4.79 Å². The van der Waals surface area contributed by atoms with Crippen LogP contribution in [0.4, 0.5) is 4.39 Å². The number of nitrogens with zero attached hydrogens (tertiary/aromatic N) is 3. The van der Waals surface area contributed by atoms with E-state index in [-0.39, 0.29) is 29.6 Å². The monoisotopic (exact) mass is 521 g/mol. The van der Waals surface area contributed by atoms with Crippen LogP contribution in [0.1, 0.15) is 88.8 Å².